The van der Waals surface area contributed by atoms with Crippen LogP contribution in [0.15, 0.2) is 36.5 Å². The minimum absolute atomic E-state index is 0.157. The van der Waals surface area contributed by atoms with Crippen LogP contribution in [0.3, 0.4) is 0 Å². The highest BCUT2D eigenvalue weighted by atomic mass is 16.1. The number of benzene rings is 1. The lowest BCUT2D eigenvalue weighted by Gasteiger charge is -1.95. The van der Waals surface area contributed by atoms with Crippen molar-refractivity contribution >= 4 is 5.78 Å². The van der Waals surface area contributed by atoms with Gasteiger partial charge in [-0.2, -0.15) is 0 Å². The quantitative estimate of drug-likeness (QED) is 0.782. The first-order valence-corrected chi connectivity index (χ1v) is 5.27. The summed E-state index contributed by atoms with van der Waals surface area (Å²) >= 11 is 0. The average molecular weight is 215 g/mol. The SMILES string of the molecule is CCC(=O)Cn1cc(-c2ccccc2)nn1. The first-order valence-electron chi connectivity index (χ1n) is 5.27. The molecule has 16 heavy (non-hydrogen) atoms. The summed E-state index contributed by atoms with van der Waals surface area (Å²) in [5, 5.41) is 7.96. The normalized spacial score (nSPS) is 10.3. The number of ketones is 1. The molecule has 82 valence electrons. The van der Waals surface area contributed by atoms with Gasteiger partial charge in [0, 0.05) is 12.0 Å². The van der Waals surface area contributed by atoms with Crippen LogP contribution in [0, 0.1) is 0 Å². The highest BCUT2D eigenvalue weighted by Gasteiger charge is 2.05. The maximum Gasteiger partial charge on any atom is 0.154 e. The van der Waals surface area contributed by atoms with E-state index < -0.39 is 0 Å². The van der Waals surface area contributed by atoms with Crippen molar-refractivity contribution in [1.29, 1.82) is 0 Å². The molecule has 1 aromatic heterocycles. The van der Waals surface area contributed by atoms with E-state index in [4.69, 9.17) is 0 Å². The lowest BCUT2D eigenvalue weighted by molar-refractivity contribution is -0.119. The largest absolute Gasteiger partial charge is 0.298 e. The minimum Gasteiger partial charge on any atom is -0.298 e. The van der Waals surface area contributed by atoms with Crippen LogP contribution in [0.2, 0.25) is 0 Å². The number of hydrogen-bond acceptors (Lipinski definition) is 3. The van der Waals surface area contributed by atoms with Crippen molar-refractivity contribution in [3.63, 3.8) is 0 Å². The third kappa shape index (κ3) is 2.34. The molecule has 1 aromatic carbocycles. The third-order valence-corrected chi connectivity index (χ3v) is 2.34. The Kier molecular flexibility index (Phi) is 3.10. The molecule has 0 radical (unpaired) electrons. The average Bonchev–Trinajstić information content (AvgIpc) is 2.78. The van der Waals surface area contributed by atoms with Crippen molar-refractivity contribution in [2.24, 2.45) is 0 Å². The van der Waals surface area contributed by atoms with E-state index in [-0.39, 0.29) is 5.78 Å². The monoisotopic (exact) mass is 215 g/mol. The smallest absolute Gasteiger partial charge is 0.154 e. The molecular formula is C12H13N3O. The maximum absolute atomic E-state index is 11.2. The van der Waals surface area contributed by atoms with Gasteiger partial charge in [-0.25, -0.2) is 4.68 Å². The molecule has 0 aliphatic rings. The molecule has 0 saturated heterocycles. The van der Waals surface area contributed by atoms with Crippen molar-refractivity contribution < 1.29 is 4.79 Å². The van der Waals surface area contributed by atoms with Gasteiger partial charge in [0.05, 0.1) is 6.20 Å². The summed E-state index contributed by atoms with van der Waals surface area (Å²) in [6.45, 7) is 2.15. The van der Waals surface area contributed by atoms with E-state index in [9.17, 15) is 4.79 Å². The summed E-state index contributed by atoms with van der Waals surface area (Å²) in [6.07, 6.45) is 2.32. The molecule has 0 atom stereocenters. The van der Waals surface area contributed by atoms with Gasteiger partial charge in [-0.3, -0.25) is 4.79 Å². The van der Waals surface area contributed by atoms with Crippen LogP contribution in [0.5, 0.6) is 0 Å². The van der Waals surface area contributed by atoms with Crippen LogP contribution >= 0.6 is 0 Å². The van der Waals surface area contributed by atoms with Crippen LogP contribution in [0.25, 0.3) is 11.3 Å². The summed E-state index contributed by atoms with van der Waals surface area (Å²) < 4.78 is 1.58. The van der Waals surface area contributed by atoms with Crippen LogP contribution in [0.1, 0.15) is 13.3 Å². The van der Waals surface area contributed by atoms with Gasteiger partial charge < -0.3 is 0 Å². The second-order valence-electron chi connectivity index (χ2n) is 3.56. The summed E-state index contributed by atoms with van der Waals surface area (Å²) in [4.78, 5) is 11.2. The highest BCUT2D eigenvalue weighted by Crippen LogP contribution is 2.14. The van der Waals surface area contributed by atoms with Crippen molar-refractivity contribution in [2.75, 3.05) is 0 Å². The molecule has 0 bridgehead atoms. The Morgan fingerprint density at radius 2 is 2.06 bits per heavy atom. The summed E-state index contributed by atoms with van der Waals surface area (Å²) in [6, 6.07) is 9.79. The van der Waals surface area contributed by atoms with E-state index in [0.29, 0.717) is 13.0 Å². The lowest BCUT2D eigenvalue weighted by Crippen LogP contribution is -2.09. The molecule has 2 rings (SSSR count). The molecule has 0 unspecified atom stereocenters. The van der Waals surface area contributed by atoms with Crippen molar-refractivity contribution in [3.8, 4) is 11.3 Å². The Labute approximate surface area is 93.9 Å². The number of nitrogens with zero attached hydrogens (tertiary/aromatic N) is 3. The van der Waals surface area contributed by atoms with E-state index in [0.717, 1.165) is 11.3 Å². The second-order valence-corrected chi connectivity index (χ2v) is 3.56. The zero-order valence-electron chi connectivity index (χ0n) is 9.13. The molecule has 4 nitrogen and oxygen atoms in total. The summed E-state index contributed by atoms with van der Waals surface area (Å²) in [7, 11) is 0. The van der Waals surface area contributed by atoms with Gasteiger partial charge in [-0.15, -0.1) is 5.10 Å². The van der Waals surface area contributed by atoms with Crippen molar-refractivity contribution in [2.45, 2.75) is 19.9 Å². The third-order valence-electron chi connectivity index (χ3n) is 2.34. The fourth-order valence-corrected chi connectivity index (χ4v) is 1.41. The van der Waals surface area contributed by atoms with E-state index >= 15 is 0 Å². The Morgan fingerprint density at radius 1 is 1.31 bits per heavy atom. The first-order chi connectivity index (χ1) is 7.79. The fraction of sp³-hybridized carbons (Fsp3) is 0.250. The highest BCUT2D eigenvalue weighted by molar-refractivity contribution is 5.77. The van der Waals surface area contributed by atoms with Gasteiger partial charge in [0.15, 0.2) is 5.78 Å². The Hall–Kier alpha value is -1.97. The zero-order valence-corrected chi connectivity index (χ0v) is 9.13. The van der Waals surface area contributed by atoms with Crippen LogP contribution < -0.4 is 0 Å². The molecule has 0 aliphatic carbocycles. The zero-order chi connectivity index (χ0) is 11.4. The van der Waals surface area contributed by atoms with Crippen LogP contribution in [-0.4, -0.2) is 20.8 Å². The van der Waals surface area contributed by atoms with E-state index in [1.807, 2.05) is 37.3 Å². The summed E-state index contributed by atoms with van der Waals surface area (Å²) in [5.74, 6) is 0.157. The number of rotatable bonds is 4. The number of carbonyl (C=O) groups is 1. The Bertz CT molecular complexity index is 476. The molecule has 0 N–H and O–H groups in total. The molecule has 0 amide bonds. The summed E-state index contributed by atoms with van der Waals surface area (Å²) in [5.41, 5.74) is 1.81. The van der Waals surface area contributed by atoms with Gasteiger partial charge in [0.1, 0.15) is 12.2 Å². The van der Waals surface area contributed by atoms with Crippen LogP contribution in [-0.2, 0) is 11.3 Å². The van der Waals surface area contributed by atoms with Crippen LogP contribution in [0.4, 0.5) is 0 Å². The molecular weight excluding hydrogens is 202 g/mol. The number of carbonyl (C=O) groups excluding carboxylic acids is 1. The number of Topliss-reactive ketones (excluding diaryl/α,β-unsaturated/α-hetero) is 1. The Balaban J connectivity index is 2.17. The molecule has 0 fully saturated rings. The lowest BCUT2D eigenvalue weighted by atomic mass is 10.2. The molecule has 0 spiro atoms. The van der Waals surface area contributed by atoms with Gasteiger partial charge in [-0.05, 0) is 0 Å². The van der Waals surface area contributed by atoms with E-state index in [2.05, 4.69) is 10.3 Å². The Morgan fingerprint density at radius 3 is 2.75 bits per heavy atom. The van der Waals surface area contributed by atoms with E-state index in [1.165, 1.54) is 0 Å². The predicted molar refractivity (Wildman–Crippen MR) is 60.8 cm³/mol. The van der Waals surface area contributed by atoms with Crippen molar-refractivity contribution in [3.05, 3.63) is 36.5 Å². The molecule has 2 aromatic rings. The first kappa shape index (κ1) is 10.5. The standard InChI is InChI=1S/C12H13N3O/c1-2-11(16)8-15-9-12(13-14-15)10-6-4-3-5-7-10/h3-7,9H,2,8H2,1H3. The maximum atomic E-state index is 11.2. The van der Waals surface area contributed by atoms with Gasteiger partial charge >= 0.3 is 0 Å². The van der Waals surface area contributed by atoms with Crippen molar-refractivity contribution in [1.82, 2.24) is 15.0 Å². The minimum atomic E-state index is 0.157. The molecule has 1 heterocycles. The molecule has 0 aliphatic heterocycles. The second kappa shape index (κ2) is 4.70. The molecule has 0 saturated carbocycles. The van der Waals surface area contributed by atoms with Gasteiger partial charge in [0.25, 0.3) is 0 Å². The molecule has 4 heteroatoms. The predicted octanol–water partition coefficient (Wildman–Crippen LogP) is 1.92. The van der Waals surface area contributed by atoms with Gasteiger partial charge in [0.2, 0.25) is 0 Å². The van der Waals surface area contributed by atoms with Gasteiger partial charge in [-0.1, -0.05) is 42.5 Å². The fourth-order valence-electron chi connectivity index (χ4n) is 1.41. The number of hydrogen-bond donors (Lipinski definition) is 0. The van der Waals surface area contributed by atoms with E-state index in [1.54, 1.807) is 10.9 Å². The number of aromatic nitrogens is 3. The topological polar surface area (TPSA) is 47.8 Å².